The lowest BCUT2D eigenvalue weighted by Crippen LogP contribution is -2.40. The fourth-order valence-electron chi connectivity index (χ4n) is 4.52. The van der Waals surface area contributed by atoms with Crippen LogP contribution in [0.4, 0.5) is 0 Å². The van der Waals surface area contributed by atoms with Crippen LogP contribution in [0.25, 0.3) is 6.08 Å². The van der Waals surface area contributed by atoms with E-state index in [0.717, 1.165) is 24.0 Å². The predicted octanol–water partition coefficient (Wildman–Crippen LogP) is 7.55. The number of carbonyl (C=O) groups is 1. The average molecular weight is 866 g/mol. The standard InChI is InChI=1S/C30H21Cl3I2N2O4S/c1-3-40-29(39)25-15(2)36-30-37(26(25)18-6-4-5-7-19(18)31)28(38)24(42-30)13-17-11-22(34)27(23(35)12-17)41-14-16-8-9-20(32)21(33)10-16/h4-13,26H,3,14H2,1-2H3/b24-13-/t26-/m1/s1. The molecule has 216 valence electrons. The van der Waals surface area contributed by atoms with Gasteiger partial charge in [-0.2, -0.15) is 0 Å². The lowest BCUT2D eigenvalue weighted by molar-refractivity contribution is -0.139. The highest BCUT2D eigenvalue weighted by Crippen LogP contribution is 2.35. The summed E-state index contributed by atoms with van der Waals surface area (Å²) in [6, 6.07) is 15.7. The molecule has 0 fully saturated rings. The monoisotopic (exact) mass is 864 g/mol. The second-order valence-electron chi connectivity index (χ2n) is 9.17. The maximum absolute atomic E-state index is 13.9. The minimum absolute atomic E-state index is 0.194. The van der Waals surface area contributed by atoms with E-state index in [0.29, 0.717) is 42.3 Å². The van der Waals surface area contributed by atoms with Crippen molar-refractivity contribution in [1.82, 2.24) is 4.57 Å². The Morgan fingerprint density at radius 3 is 2.43 bits per heavy atom. The molecule has 1 aliphatic rings. The van der Waals surface area contributed by atoms with Crippen LogP contribution in [0.1, 0.15) is 36.6 Å². The SMILES string of the molecule is CCOC(=O)C1=C(C)N=c2s/c(=C\c3cc(I)c(OCc4ccc(Cl)c(Cl)c4)c(I)c3)c(=O)n2[C@@H]1c1ccccc1Cl. The summed E-state index contributed by atoms with van der Waals surface area (Å²) in [5.41, 5.74) is 2.84. The molecule has 1 aromatic heterocycles. The summed E-state index contributed by atoms with van der Waals surface area (Å²) in [5.74, 6) is 0.202. The van der Waals surface area contributed by atoms with Crippen molar-refractivity contribution >= 4 is 103 Å². The van der Waals surface area contributed by atoms with E-state index >= 15 is 0 Å². The van der Waals surface area contributed by atoms with E-state index in [9.17, 15) is 9.59 Å². The molecule has 4 aromatic rings. The first-order valence-electron chi connectivity index (χ1n) is 12.6. The van der Waals surface area contributed by atoms with Gasteiger partial charge in [0.25, 0.3) is 5.56 Å². The van der Waals surface area contributed by atoms with E-state index in [2.05, 4.69) is 50.2 Å². The smallest absolute Gasteiger partial charge is 0.338 e. The maximum Gasteiger partial charge on any atom is 0.338 e. The zero-order valence-corrected chi connectivity index (χ0v) is 29.5. The van der Waals surface area contributed by atoms with Gasteiger partial charge >= 0.3 is 5.97 Å². The first-order chi connectivity index (χ1) is 20.1. The van der Waals surface area contributed by atoms with Crippen LogP contribution in [0.15, 0.2) is 75.7 Å². The molecule has 0 radical (unpaired) electrons. The molecule has 0 saturated carbocycles. The van der Waals surface area contributed by atoms with Crippen molar-refractivity contribution in [2.75, 3.05) is 6.61 Å². The van der Waals surface area contributed by atoms with Gasteiger partial charge in [0.2, 0.25) is 0 Å². The second kappa shape index (κ2) is 13.4. The Balaban J connectivity index is 1.55. The molecule has 5 rings (SSSR count). The van der Waals surface area contributed by atoms with Crippen molar-refractivity contribution in [3.63, 3.8) is 0 Å². The van der Waals surface area contributed by atoms with Gasteiger partial charge in [0, 0.05) is 5.02 Å². The minimum Gasteiger partial charge on any atom is -0.487 e. The molecular formula is C30H21Cl3I2N2O4S. The quantitative estimate of drug-likeness (QED) is 0.142. The van der Waals surface area contributed by atoms with Gasteiger partial charge in [-0.15, -0.1) is 0 Å². The van der Waals surface area contributed by atoms with Crippen LogP contribution in [0.2, 0.25) is 15.1 Å². The molecule has 0 N–H and O–H groups in total. The van der Waals surface area contributed by atoms with E-state index in [1.165, 1.54) is 15.9 Å². The van der Waals surface area contributed by atoms with Crippen LogP contribution < -0.4 is 19.6 Å². The molecule has 0 spiro atoms. The lowest BCUT2D eigenvalue weighted by Gasteiger charge is -2.25. The number of halogens is 5. The van der Waals surface area contributed by atoms with Crippen LogP contribution in [-0.4, -0.2) is 17.1 Å². The van der Waals surface area contributed by atoms with Crippen molar-refractivity contribution in [3.8, 4) is 5.75 Å². The molecule has 0 amide bonds. The predicted molar refractivity (Wildman–Crippen MR) is 185 cm³/mol. The normalized spacial score (nSPS) is 14.9. The molecule has 0 bridgehead atoms. The number of hydrogen-bond donors (Lipinski definition) is 0. The van der Waals surface area contributed by atoms with Gasteiger partial charge in [-0.25, -0.2) is 9.79 Å². The molecule has 0 aliphatic carbocycles. The first kappa shape index (κ1) is 31.5. The maximum atomic E-state index is 13.9. The van der Waals surface area contributed by atoms with Crippen LogP contribution in [0, 0.1) is 7.14 Å². The fraction of sp³-hybridized carbons (Fsp3) is 0.167. The van der Waals surface area contributed by atoms with Gasteiger partial charge in [-0.05, 0) is 112 Å². The minimum atomic E-state index is -0.770. The third-order valence-electron chi connectivity index (χ3n) is 6.40. The number of carbonyl (C=O) groups excluding carboxylic acids is 1. The van der Waals surface area contributed by atoms with Crippen LogP contribution in [-0.2, 0) is 16.1 Å². The number of esters is 1. The summed E-state index contributed by atoms with van der Waals surface area (Å²) >= 11 is 24.5. The summed E-state index contributed by atoms with van der Waals surface area (Å²) < 4.78 is 15.2. The highest BCUT2D eigenvalue weighted by atomic mass is 127. The average Bonchev–Trinajstić information content (AvgIpc) is 3.23. The Morgan fingerprint density at radius 2 is 1.76 bits per heavy atom. The lowest BCUT2D eigenvalue weighted by atomic mass is 9.96. The summed E-state index contributed by atoms with van der Waals surface area (Å²) in [4.78, 5) is 32.1. The Bertz CT molecular complexity index is 1910. The van der Waals surface area contributed by atoms with Crippen molar-refractivity contribution < 1.29 is 14.3 Å². The largest absolute Gasteiger partial charge is 0.487 e. The molecule has 1 atom stereocenters. The fourth-order valence-corrected chi connectivity index (χ4v) is 8.25. The molecule has 0 unspecified atom stereocenters. The number of aromatic nitrogens is 1. The van der Waals surface area contributed by atoms with Crippen LogP contribution in [0.3, 0.4) is 0 Å². The summed E-state index contributed by atoms with van der Waals surface area (Å²) in [5, 5.41) is 1.40. The van der Waals surface area contributed by atoms with Gasteiger partial charge in [-0.3, -0.25) is 9.36 Å². The molecular weight excluding hydrogens is 845 g/mol. The summed E-state index contributed by atoms with van der Waals surface area (Å²) in [6.45, 7) is 4.00. The molecule has 3 aromatic carbocycles. The summed E-state index contributed by atoms with van der Waals surface area (Å²) in [6.07, 6.45) is 1.82. The zero-order valence-electron chi connectivity index (χ0n) is 22.1. The third-order valence-corrected chi connectivity index (χ3v) is 10.1. The van der Waals surface area contributed by atoms with Crippen LogP contribution >= 0.6 is 91.3 Å². The molecule has 1 aliphatic heterocycles. The second-order valence-corrected chi connectivity index (χ2v) is 13.7. The number of rotatable bonds is 7. The van der Waals surface area contributed by atoms with E-state index in [-0.39, 0.29) is 17.7 Å². The summed E-state index contributed by atoms with van der Waals surface area (Å²) in [7, 11) is 0. The number of benzene rings is 3. The Morgan fingerprint density at radius 1 is 1.05 bits per heavy atom. The molecule has 0 saturated heterocycles. The van der Waals surface area contributed by atoms with Gasteiger partial charge < -0.3 is 9.47 Å². The molecule has 42 heavy (non-hydrogen) atoms. The Kier molecular flexibility index (Phi) is 10.1. The number of thiazole rings is 1. The van der Waals surface area contributed by atoms with E-state index in [4.69, 9.17) is 44.3 Å². The third kappa shape index (κ3) is 6.46. The van der Waals surface area contributed by atoms with Gasteiger partial charge in [-0.1, -0.05) is 70.4 Å². The molecule has 12 heteroatoms. The topological polar surface area (TPSA) is 69.9 Å². The van der Waals surface area contributed by atoms with Gasteiger partial charge in [0.15, 0.2) is 4.80 Å². The number of allylic oxidation sites excluding steroid dienone is 1. The van der Waals surface area contributed by atoms with E-state index in [1.807, 2.05) is 36.4 Å². The highest BCUT2D eigenvalue weighted by molar-refractivity contribution is 14.1. The van der Waals surface area contributed by atoms with E-state index < -0.39 is 12.0 Å². The number of nitrogens with zero attached hydrogens (tertiary/aromatic N) is 2. The number of ether oxygens (including phenoxy) is 2. The highest BCUT2D eigenvalue weighted by Gasteiger charge is 2.34. The van der Waals surface area contributed by atoms with Crippen LogP contribution in [0.5, 0.6) is 5.75 Å². The molecule has 6 nitrogen and oxygen atoms in total. The Labute approximate surface area is 287 Å². The van der Waals surface area contributed by atoms with Crippen molar-refractivity contribution in [2.45, 2.75) is 26.5 Å². The zero-order chi connectivity index (χ0) is 30.1. The van der Waals surface area contributed by atoms with Gasteiger partial charge in [0.05, 0.1) is 39.6 Å². The van der Waals surface area contributed by atoms with E-state index in [1.54, 1.807) is 38.1 Å². The van der Waals surface area contributed by atoms with Crippen molar-refractivity contribution in [1.29, 1.82) is 0 Å². The van der Waals surface area contributed by atoms with Gasteiger partial charge in [0.1, 0.15) is 18.4 Å². The number of hydrogen-bond acceptors (Lipinski definition) is 6. The van der Waals surface area contributed by atoms with Crippen molar-refractivity contribution in [2.24, 2.45) is 4.99 Å². The molecule has 2 heterocycles. The first-order valence-corrected chi connectivity index (χ1v) is 16.7. The van der Waals surface area contributed by atoms with Crippen molar-refractivity contribution in [3.05, 3.63) is 124 Å². The number of fused-ring (bicyclic) bond motifs is 1. The Hall–Kier alpha value is -1.90.